The number of nitrogens with zero attached hydrogens (tertiary/aromatic N) is 1. The second kappa shape index (κ2) is 5.23. The second-order valence-electron chi connectivity index (χ2n) is 2.97. The van der Waals surface area contributed by atoms with Gasteiger partial charge in [0.15, 0.2) is 0 Å². The van der Waals surface area contributed by atoms with Gasteiger partial charge >= 0.3 is 5.97 Å². The molecule has 1 rings (SSSR count). The molecule has 0 aliphatic rings. The molecule has 0 aliphatic carbocycles. The first-order chi connectivity index (χ1) is 7.02. The lowest BCUT2D eigenvalue weighted by molar-refractivity contribution is -0.136. The Kier molecular flexibility index (Phi) is 4.23. The van der Waals surface area contributed by atoms with E-state index in [4.69, 9.17) is 16.7 Å². The minimum Gasteiger partial charge on any atom is -0.480 e. The molecule has 0 radical (unpaired) electrons. The van der Waals surface area contributed by atoms with Crippen LogP contribution in [0.5, 0.6) is 0 Å². The fourth-order valence-corrected chi connectivity index (χ4v) is 2.21. The normalized spacial score (nSPS) is 14.5. The maximum Gasteiger partial charge on any atom is 0.318 e. The van der Waals surface area contributed by atoms with Crippen molar-refractivity contribution >= 4 is 28.4 Å². The van der Waals surface area contributed by atoms with E-state index in [1.165, 1.54) is 19.3 Å². The number of rotatable bonds is 4. The highest BCUT2D eigenvalue weighted by molar-refractivity contribution is 7.85. The van der Waals surface area contributed by atoms with Gasteiger partial charge in [-0.15, -0.1) is 0 Å². The van der Waals surface area contributed by atoms with Crippen molar-refractivity contribution in [3.63, 3.8) is 0 Å². The van der Waals surface area contributed by atoms with Gasteiger partial charge in [0, 0.05) is 23.2 Å². The van der Waals surface area contributed by atoms with E-state index in [1.54, 1.807) is 6.07 Å². The van der Waals surface area contributed by atoms with Gasteiger partial charge in [-0.1, -0.05) is 11.6 Å². The smallest absolute Gasteiger partial charge is 0.318 e. The van der Waals surface area contributed by atoms with Crippen molar-refractivity contribution in [2.75, 3.05) is 0 Å². The summed E-state index contributed by atoms with van der Waals surface area (Å²) in [5.41, 5.74) is 0.651. The molecule has 0 spiro atoms. The minimum absolute atomic E-state index is 0.134. The number of carboxylic acid groups (broad SMARTS) is 1. The molecule has 4 nitrogen and oxygen atoms in total. The number of aromatic nitrogens is 1. The van der Waals surface area contributed by atoms with Crippen LogP contribution >= 0.6 is 11.6 Å². The van der Waals surface area contributed by atoms with Gasteiger partial charge < -0.3 is 5.11 Å². The molecule has 2 atom stereocenters. The molecule has 2 unspecified atom stereocenters. The number of pyridine rings is 1. The van der Waals surface area contributed by atoms with Gasteiger partial charge in [-0.2, -0.15) is 0 Å². The summed E-state index contributed by atoms with van der Waals surface area (Å²) in [7, 11) is -1.47. The Labute approximate surface area is 94.7 Å². The van der Waals surface area contributed by atoms with Crippen molar-refractivity contribution in [3.8, 4) is 0 Å². The fourth-order valence-electron chi connectivity index (χ4n) is 0.912. The predicted octanol–water partition coefficient (Wildman–Crippen LogP) is 1.46. The van der Waals surface area contributed by atoms with E-state index in [0.717, 1.165) is 0 Å². The Hall–Kier alpha value is -0.940. The van der Waals surface area contributed by atoms with Crippen LogP contribution in [0.1, 0.15) is 12.5 Å². The van der Waals surface area contributed by atoms with E-state index in [9.17, 15) is 9.00 Å². The van der Waals surface area contributed by atoms with Crippen molar-refractivity contribution in [3.05, 3.63) is 29.0 Å². The SMILES string of the molecule is CC(C(=O)O)S(=O)Cc1ccncc1Cl. The summed E-state index contributed by atoms with van der Waals surface area (Å²) in [4.78, 5) is 14.4. The molecule has 1 N–H and O–H groups in total. The molecule has 15 heavy (non-hydrogen) atoms. The lowest BCUT2D eigenvalue weighted by atomic mass is 10.3. The Balaban J connectivity index is 2.75. The fraction of sp³-hybridized carbons (Fsp3) is 0.333. The zero-order valence-electron chi connectivity index (χ0n) is 8.01. The standard InChI is InChI=1S/C9H10ClNO3S/c1-6(9(12)13)15(14)5-7-2-3-11-4-8(7)10/h2-4,6H,5H2,1H3,(H,12,13). The summed E-state index contributed by atoms with van der Waals surface area (Å²) >= 11 is 5.81. The Morgan fingerprint density at radius 3 is 2.93 bits per heavy atom. The molecule has 0 saturated heterocycles. The Bertz CT molecular complexity index is 397. The summed E-state index contributed by atoms with van der Waals surface area (Å²) in [6.07, 6.45) is 2.98. The molecule has 0 saturated carbocycles. The highest BCUT2D eigenvalue weighted by Gasteiger charge is 2.19. The number of aliphatic carboxylic acids is 1. The molecular formula is C9H10ClNO3S. The molecule has 0 amide bonds. The molecule has 6 heteroatoms. The van der Waals surface area contributed by atoms with E-state index in [0.29, 0.717) is 10.6 Å². The summed E-state index contributed by atoms with van der Waals surface area (Å²) in [5.74, 6) is -0.937. The van der Waals surface area contributed by atoms with Crippen molar-refractivity contribution in [2.24, 2.45) is 0 Å². The van der Waals surface area contributed by atoms with Gasteiger partial charge in [0.2, 0.25) is 0 Å². The highest BCUT2D eigenvalue weighted by atomic mass is 35.5. The summed E-state index contributed by atoms with van der Waals surface area (Å²) < 4.78 is 11.6. The lowest BCUT2D eigenvalue weighted by Crippen LogP contribution is -2.22. The number of hydrogen-bond acceptors (Lipinski definition) is 3. The quantitative estimate of drug-likeness (QED) is 0.875. The van der Waals surface area contributed by atoms with Gasteiger partial charge in [0.1, 0.15) is 5.25 Å². The predicted molar refractivity (Wildman–Crippen MR) is 58.2 cm³/mol. The Morgan fingerprint density at radius 2 is 2.40 bits per heavy atom. The monoisotopic (exact) mass is 247 g/mol. The maximum absolute atomic E-state index is 11.6. The van der Waals surface area contributed by atoms with E-state index in [-0.39, 0.29) is 5.75 Å². The Morgan fingerprint density at radius 1 is 1.73 bits per heavy atom. The van der Waals surface area contributed by atoms with Crippen LogP contribution in [0.15, 0.2) is 18.5 Å². The second-order valence-corrected chi connectivity index (χ2v) is 5.14. The third-order valence-corrected chi connectivity index (χ3v) is 3.82. The number of carboxylic acids is 1. The highest BCUT2D eigenvalue weighted by Crippen LogP contribution is 2.16. The summed E-state index contributed by atoms with van der Waals surface area (Å²) in [5, 5.41) is 8.17. The van der Waals surface area contributed by atoms with Crippen LogP contribution in [0.4, 0.5) is 0 Å². The lowest BCUT2D eigenvalue weighted by Gasteiger charge is -2.07. The third-order valence-electron chi connectivity index (χ3n) is 1.90. The first-order valence-corrected chi connectivity index (χ1v) is 5.96. The molecule has 0 bridgehead atoms. The van der Waals surface area contributed by atoms with Crippen molar-refractivity contribution in [1.82, 2.24) is 4.98 Å². The summed E-state index contributed by atoms with van der Waals surface area (Å²) in [6, 6.07) is 1.63. The van der Waals surface area contributed by atoms with Gasteiger partial charge in [0.25, 0.3) is 0 Å². The van der Waals surface area contributed by atoms with Crippen LogP contribution in [0.25, 0.3) is 0 Å². The van der Waals surface area contributed by atoms with E-state index in [1.807, 2.05) is 0 Å². The number of hydrogen-bond donors (Lipinski definition) is 1. The van der Waals surface area contributed by atoms with Crippen LogP contribution in [-0.4, -0.2) is 25.5 Å². The summed E-state index contributed by atoms with van der Waals surface area (Å²) in [6.45, 7) is 1.41. The van der Waals surface area contributed by atoms with Gasteiger partial charge in [-0.05, 0) is 18.6 Å². The van der Waals surface area contributed by atoms with Gasteiger partial charge in [0.05, 0.1) is 10.8 Å². The van der Waals surface area contributed by atoms with Crippen LogP contribution < -0.4 is 0 Å². The van der Waals surface area contributed by atoms with Crippen LogP contribution in [-0.2, 0) is 21.3 Å². The van der Waals surface area contributed by atoms with Gasteiger partial charge in [-0.3, -0.25) is 14.0 Å². The van der Waals surface area contributed by atoms with E-state index in [2.05, 4.69) is 4.98 Å². The molecule has 0 aliphatic heterocycles. The molecule has 0 aromatic carbocycles. The topological polar surface area (TPSA) is 67.3 Å². The van der Waals surface area contributed by atoms with E-state index >= 15 is 0 Å². The molecule has 1 aromatic rings. The largest absolute Gasteiger partial charge is 0.480 e. The molecule has 82 valence electrons. The molecule has 0 fully saturated rings. The van der Waals surface area contributed by atoms with Crippen LogP contribution in [0, 0.1) is 0 Å². The van der Waals surface area contributed by atoms with E-state index < -0.39 is 22.0 Å². The molecule has 1 aromatic heterocycles. The number of carbonyl (C=O) groups is 1. The van der Waals surface area contributed by atoms with Crippen LogP contribution in [0.3, 0.4) is 0 Å². The molecular weight excluding hydrogens is 238 g/mol. The van der Waals surface area contributed by atoms with Gasteiger partial charge in [-0.25, -0.2) is 0 Å². The number of halogens is 1. The van der Waals surface area contributed by atoms with Crippen molar-refractivity contribution < 1.29 is 14.1 Å². The first kappa shape index (κ1) is 12.1. The average molecular weight is 248 g/mol. The first-order valence-electron chi connectivity index (χ1n) is 4.20. The zero-order chi connectivity index (χ0) is 11.4. The van der Waals surface area contributed by atoms with Crippen molar-refractivity contribution in [2.45, 2.75) is 17.9 Å². The van der Waals surface area contributed by atoms with Crippen LogP contribution in [0.2, 0.25) is 5.02 Å². The maximum atomic E-state index is 11.6. The minimum atomic E-state index is -1.47. The molecule has 1 heterocycles. The average Bonchev–Trinajstić information content (AvgIpc) is 2.20. The third kappa shape index (κ3) is 3.28. The zero-order valence-corrected chi connectivity index (χ0v) is 9.59. The van der Waals surface area contributed by atoms with Crippen molar-refractivity contribution in [1.29, 1.82) is 0 Å².